The standard InChI is InChI=1S/C20H26N2O4S/c1-16-5-4-6-17(13-16)11-12-21-14-19(23)15-26-20-9-7-18(8-10-20)22(2)27(3,24)25/h4-10,13,21H,11-12,14-15H2,1-3H3. The van der Waals surface area contributed by atoms with Gasteiger partial charge in [-0.05, 0) is 49.7 Å². The van der Waals surface area contributed by atoms with E-state index in [0.717, 1.165) is 19.2 Å². The third-order valence-electron chi connectivity index (χ3n) is 4.09. The highest BCUT2D eigenvalue weighted by atomic mass is 32.2. The third-order valence-corrected chi connectivity index (χ3v) is 5.30. The van der Waals surface area contributed by atoms with Crippen LogP contribution in [-0.4, -0.2) is 47.2 Å². The zero-order chi connectivity index (χ0) is 19.9. The van der Waals surface area contributed by atoms with Crippen molar-refractivity contribution in [2.45, 2.75) is 13.3 Å². The molecule has 2 aromatic carbocycles. The molecule has 0 fully saturated rings. The Kier molecular flexibility index (Phi) is 7.38. The molecule has 0 saturated heterocycles. The topological polar surface area (TPSA) is 75.7 Å². The molecule has 0 bridgehead atoms. The van der Waals surface area contributed by atoms with Gasteiger partial charge in [0.2, 0.25) is 10.0 Å². The number of aryl methyl sites for hydroxylation is 1. The van der Waals surface area contributed by atoms with E-state index in [1.54, 1.807) is 24.3 Å². The first kappa shape index (κ1) is 20.9. The van der Waals surface area contributed by atoms with Gasteiger partial charge in [-0.3, -0.25) is 9.10 Å². The fraction of sp³-hybridized carbons (Fsp3) is 0.350. The summed E-state index contributed by atoms with van der Waals surface area (Å²) in [5, 5.41) is 3.13. The Bertz CT molecular complexity index is 864. The molecule has 1 N–H and O–H groups in total. The van der Waals surface area contributed by atoms with E-state index in [1.165, 1.54) is 22.5 Å². The van der Waals surface area contributed by atoms with Gasteiger partial charge in [-0.15, -0.1) is 0 Å². The molecule has 2 rings (SSSR count). The lowest BCUT2D eigenvalue weighted by atomic mass is 10.1. The molecule has 0 heterocycles. The number of sulfonamides is 1. The van der Waals surface area contributed by atoms with Crippen LogP contribution in [0.15, 0.2) is 48.5 Å². The number of carbonyl (C=O) groups excluding carboxylic acids is 1. The second-order valence-corrected chi connectivity index (χ2v) is 8.48. The maximum Gasteiger partial charge on any atom is 0.231 e. The summed E-state index contributed by atoms with van der Waals surface area (Å²) in [4.78, 5) is 11.9. The normalized spacial score (nSPS) is 11.2. The van der Waals surface area contributed by atoms with Crippen LogP contribution < -0.4 is 14.4 Å². The molecule has 0 saturated carbocycles. The number of ketones is 1. The predicted octanol–water partition coefficient (Wildman–Crippen LogP) is 2.17. The summed E-state index contributed by atoms with van der Waals surface area (Å²) in [7, 11) is -1.82. The van der Waals surface area contributed by atoms with Crippen molar-refractivity contribution in [1.29, 1.82) is 0 Å². The van der Waals surface area contributed by atoms with Gasteiger partial charge in [0.15, 0.2) is 5.78 Å². The van der Waals surface area contributed by atoms with Crippen LogP contribution in [0.4, 0.5) is 5.69 Å². The lowest BCUT2D eigenvalue weighted by Gasteiger charge is -2.16. The maximum absolute atomic E-state index is 11.9. The summed E-state index contributed by atoms with van der Waals surface area (Å²) in [5.41, 5.74) is 3.00. The average Bonchev–Trinajstić information content (AvgIpc) is 2.63. The molecule has 146 valence electrons. The van der Waals surface area contributed by atoms with Crippen molar-refractivity contribution in [3.8, 4) is 5.75 Å². The van der Waals surface area contributed by atoms with Gasteiger partial charge in [0, 0.05) is 7.05 Å². The molecule has 0 amide bonds. The minimum absolute atomic E-state index is 0.0291. The predicted molar refractivity (Wildman–Crippen MR) is 108 cm³/mol. The van der Waals surface area contributed by atoms with E-state index in [-0.39, 0.29) is 18.9 Å². The largest absolute Gasteiger partial charge is 0.486 e. The lowest BCUT2D eigenvalue weighted by Crippen LogP contribution is -2.28. The first-order valence-corrected chi connectivity index (χ1v) is 10.6. The van der Waals surface area contributed by atoms with E-state index in [4.69, 9.17) is 4.74 Å². The number of Topliss-reactive ketones (excluding diaryl/α,β-unsaturated/α-hetero) is 1. The fourth-order valence-corrected chi connectivity index (χ4v) is 2.99. The van der Waals surface area contributed by atoms with Gasteiger partial charge in [-0.2, -0.15) is 0 Å². The zero-order valence-electron chi connectivity index (χ0n) is 15.9. The number of hydrogen-bond acceptors (Lipinski definition) is 5. The summed E-state index contributed by atoms with van der Waals surface area (Å²) in [5.74, 6) is 0.477. The Balaban J connectivity index is 1.71. The van der Waals surface area contributed by atoms with Crippen LogP contribution in [0.1, 0.15) is 11.1 Å². The minimum Gasteiger partial charge on any atom is -0.486 e. The van der Waals surface area contributed by atoms with Crippen LogP contribution in [0, 0.1) is 6.92 Å². The molecular weight excluding hydrogens is 364 g/mol. The highest BCUT2D eigenvalue weighted by Crippen LogP contribution is 2.20. The SMILES string of the molecule is Cc1cccc(CCNCC(=O)COc2ccc(N(C)S(C)(=O)=O)cc2)c1. The van der Waals surface area contributed by atoms with E-state index < -0.39 is 10.0 Å². The number of nitrogens with one attached hydrogen (secondary N) is 1. The van der Waals surface area contributed by atoms with Crippen molar-refractivity contribution in [3.05, 3.63) is 59.7 Å². The minimum atomic E-state index is -3.30. The number of carbonyl (C=O) groups is 1. The molecule has 0 aromatic heterocycles. The first-order valence-electron chi connectivity index (χ1n) is 8.70. The van der Waals surface area contributed by atoms with Crippen molar-refractivity contribution in [2.75, 3.05) is 37.3 Å². The fourth-order valence-electron chi connectivity index (χ4n) is 2.49. The summed E-state index contributed by atoms with van der Waals surface area (Å²) in [6.45, 7) is 3.00. The number of benzene rings is 2. The monoisotopic (exact) mass is 390 g/mol. The van der Waals surface area contributed by atoms with Gasteiger partial charge >= 0.3 is 0 Å². The molecule has 0 aliphatic heterocycles. The second-order valence-electron chi connectivity index (χ2n) is 6.47. The maximum atomic E-state index is 11.9. The van der Waals surface area contributed by atoms with Crippen molar-refractivity contribution >= 4 is 21.5 Å². The molecule has 27 heavy (non-hydrogen) atoms. The van der Waals surface area contributed by atoms with E-state index in [1.807, 2.05) is 6.07 Å². The lowest BCUT2D eigenvalue weighted by molar-refractivity contribution is -0.120. The molecule has 0 radical (unpaired) electrons. The third kappa shape index (κ3) is 7.03. The smallest absolute Gasteiger partial charge is 0.231 e. The van der Waals surface area contributed by atoms with Crippen LogP contribution >= 0.6 is 0 Å². The quantitative estimate of drug-likeness (QED) is 0.629. The molecule has 0 unspecified atom stereocenters. The Morgan fingerprint density at radius 2 is 1.85 bits per heavy atom. The Morgan fingerprint density at radius 3 is 2.48 bits per heavy atom. The molecule has 7 heteroatoms. The van der Waals surface area contributed by atoms with Gasteiger partial charge in [0.1, 0.15) is 12.4 Å². The van der Waals surface area contributed by atoms with Crippen molar-refractivity contribution in [1.82, 2.24) is 5.32 Å². The van der Waals surface area contributed by atoms with Gasteiger partial charge in [-0.25, -0.2) is 8.42 Å². The van der Waals surface area contributed by atoms with Gasteiger partial charge < -0.3 is 10.1 Å². The van der Waals surface area contributed by atoms with Crippen molar-refractivity contribution in [2.24, 2.45) is 0 Å². The highest BCUT2D eigenvalue weighted by molar-refractivity contribution is 7.92. The van der Waals surface area contributed by atoms with Gasteiger partial charge in [-0.1, -0.05) is 29.8 Å². The molecule has 2 aromatic rings. The molecule has 0 aliphatic carbocycles. The van der Waals surface area contributed by atoms with Crippen LogP contribution in [-0.2, 0) is 21.2 Å². The Hall–Kier alpha value is -2.38. The van der Waals surface area contributed by atoms with Crippen molar-refractivity contribution < 1.29 is 17.9 Å². The van der Waals surface area contributed by atoms with Crippen LogP contribution in [0.3, 0.4) is 0 Å². The summed E-state index contributed by atoms with van der Waals surface area (Å²) >= 11 is 0. The van der Waals surface area contributed by atoms with Crippen LogP contribution in [0.25, 0.3) is 0 Å². The zero-order valence-corrected chi connectivity index (χ0v) is 16.8. The molecule has 0 spiro atoms. The molecule has 0 atom stereocenters. The Morgan fingerprint density at radius 1 is 1.15 bits per heavy atom. The Labute approximate surface area is 161 Å². The van der Waals surface area contributed by atoms with Crippen LogP contribution in [0.5, 0.6) is 5.75 Å². The average molecular weight is 391 g/mol. The molecular formula is C20H26N2O4S. The van der Waals surface area contributed by atoms with E-state index in [9.17, 15) is 13.2 Å². The van der Waals surface area contributed by atoms with E-state index >= 15 is 0 Å². The summed E-state index contributed by atoms with van der Waals surface area (Å²) in [6, 6.07) is 14.9. The number of anilines is 1. The van der Waals surface area contributed by atoms with Gasteiger partial charge in [0.05, 0.1) is 18.5 Å². The van der Waals surface area contributed by atoms with E-state index in [0.29, 0.717) is 11.4 Å². The van der Waals surface area contributed by atoms with E-state index in [2.05, 4.69) is 30.4 Å². The number of rotatable bonds is 10. The summed E-state index contributed by atoms with van der Waals surface area (Å²) in [6.07, 6.45) is 2.01. The second kappa shape index (κ2) is 9.53. The number of nitrogens with zero attached hydrogens (tertiary/aromatic N) is 1. The highest BCUT2D eigenvalue weighted by Gasteiger charge is 2.11. The summed E-state index contributed by atoms with van der Waals surface area (Å²) < 4.78 is 29.7. The van der Waals surface area contributed by atoms with Crippen molar-refractivity contribution in [3.63, 3.8) is 0 Å². The number of hydrogen-bond donors (Lipinski definition) is 1. The first-order chi connectivity index (χ1) is 12.8. The number of ether oxygens (including phenoxy) is 1. The molecule has 6 nitrogen and oxygen atoms in total. The molecule has 0 aliphatic rings. The van der Waals surface area contributed by atoms with Gasteiger partial charge in [0.25, 0.3) is 0 Å². The van der Waals surface area contributed by atoms with Crippen LogP contribution in [0.2, 0.25) is 0 Å².